The lowest BCUT2D eigenvalue weighted by Crippen LogP contribution is -2.55. The van der Waals surface area contributed by atoms with Gasteiger partial charge in [0.05, 0.1) is 12.7 Å². The molecule has 7 heteroatoms. The van der Waals surface area contributed by atoms with Crippen LogP contribution in [0.25, 0.3) is 0 Å². The third-order valence-electron chi connectivity index (χ3n) is 3.53. The van der Waals surface area contributed by atoms with Crippen LogP contribution in [-0.2, 0) is 16.1 Å². The number of anilines is 1. The molecule has 22 heavy (non-hydrogen) atoms. The Morgan fingerprint density at radius 3 is 2.68 bits per heavy atom. The summed E-state index contributed by atoms with van der Waals surface area (Å²) in [5.74, 6) is -0.00856. The SMILES string of the molecule is C[C@H]1OCCN[C@@H]1C(=O)NCc1ccccc1N(C)C.Cl.Cl. The number of ether oxygens (including phenoxy) is 1. The molecule has 1 aromatic rings. The Bertz CT molecular complexity index is 472. The van der Waals surface area contributed by atoms with Crippen molar-refractivity contribution in [3.05, 3.63) is 29.8 Å². The van der Waals surface area contributed by atoms with Crippen molar-refractivity contribution in [3.63, 3.8) is 0 Å². The predicted molar refractivity (Wildman–Crippen MR) is 94.3 cm³/mol. The molecule has 1 saturated heterocycles. The summed E-state index contributed by atoms with van der Waals surface area (Å²) in [5.41, 5.74) is 2.23. The van der Waals surface area contributed by atoms with Crippen LogP contribution in [0.15, 0.2) is 24.3 Å². The van der Waals surface area contributed by atoms with Gasteiger partial charge in [-0.1, -0.05) is 18.2 Å². The summed E-state index contributed by atoms with van der Waals surface area (Å²) in [7, 11) is 4.00. The average Bonchev–Trinajstić information content (AvgIpc) is 2.45. The molecule has 0 radical (unpaired) electrons. The number of nitrogens with zero attached hydrogens (tertiary/aromatic N) is 1. The molecule has 2 N–H and O–H groups in total. The maximum absolute atomic E-state index is 12.2. The van der Waals surface area contributed by atoms with Gasteiger partial charge in [0.15, 0.2) is 0 Å². The van der Waals surface area contributed by atoms with Crippen LogP contribution in [0.4, 0.5) is 5.69 Å². The van der Waals surface area contributed by atoms with Gasteiger partial charge >= 0.3 is 0 Å². The van der Waals surface area contributed by atoms with Gasteiger partial charge in [0, 0.05) is 32.9 Å². The molecule has 5 nitrogen and oxygen atoms in total. The summed E-state index contributed by atoms with van der Waals surface area (Å²) in [5, 5.41) is 6.18. The molecule has 1 heterocycles. The first-order valence-corrected chi connectivity index (χ1v) is 6.97. The van der Waals surface area contributed by atoms with Gasteiger partial charge < -0.3 is 20.3 Å². The summed E-state index contributed by atoms with van der Waals surface area (Å²) in [6.07, 6.45) is -0.0900. The molecule has 2 atom stereocenters. The van der Waals surface area contributed by atoms with Gasteiger partial charge in [0.25, 0.3) is 0 Å². The lowest BCUT2D eigenvalue weighted by atomic mass is 10.1. The fraction of sp³-hybridized carbons (Fsp3) is 0.533. The van der Waals surface area contributed by atoms with E-state index in [1.54, 1.807) is 0 Å². The van der Waals surface area contributed by atoms with Crippen molar-refractivity contribution in [1.82, 2.24) is 10.6 Å². The molecule has 1 aromatic carbocycles. The fourth-order valence-corrected chi connectivity index (χ4v) is 2.42. The van der Waals surface area contributed by atoms with E-state index in [2.05, 4.69) is 10.6 Å². The molecule has 1 fully saturated rings. The monoisotopic (exact) mass is 349 g/mol. The van der Waals surface area contributed by atoms with Gasteiger partial charge in [-0.25, -0.2) is 0 Å². The van der Waals surface area contributed by atoms with Crippen LogP contribution < -0.4 is 15.5 Å². The van der Waals surface area contributed by atoms with E-state index in [4.69, 9.17) is 4.74 Å². The highest BCUT2D eigenvalue weighted by Gasteiger charge is 2.27. The zero-order chi connectivity index (χ0) is 14.5. The molecule has 1 aliphatic heterocycles. The number of nitrogens with one attached hydrogen (secondary N) is 2. The summed E-state index contributed by atoms with van der Waals surface area (Å²) < 4.78 is 5.49. The molecule has 0 saturated carbocycles. The Morgan fingerprint density at radius 2 is 2.05 bits per heavy atom. The van der Waals surface area contributed by atoms with E-state index in [1.807, 2.05) is 50.2 Å². The Hall–Kier alpha value is -1.01. The number of amides is 1. The maximum Gasteiger partial charge on any atom is 0.240 e. The summed E-state index contributed by atoms with van der Waals surface area (Å²) in [6.45, 7) is 3.83. The molecule has 126 valence electrons. The van der Waals surface area contributed by atoms with Crippen LogP contribution in [0, 0.1) is 0 Å². The molecule has 0 aromatic heterocycles. The second-order valence-corrected chi connectivity index (χ2v) is 5.25. The second kappa shape index (κ2) is 9.90. The molecule has 2 rings (SSSR count). The number of benzene rings is 1. The van der Waals surface area contributed by atoms with Gasteiger partial charge in [0.2, 0.25) is 5.91 Å². The van der Waals surface area contributed by atoms with E-state index in [9.17, 15) is 4.79 Å². The highest BCUT2D eigenvalue weighted by Crippen LogP contribution is 2.17. The van der Waals surface area contributed by atoms with E-state index in [1.165, 1.54) is 0 Å². The van der Waals surface area contributed by atoms with Crippen LogP contribution in [-0.4, -0.2) is 45.3 Å². The van der Waals surface area contributed by atoms with Crippen LogP contribution in [0.2, 0.25) is 0 Å². The van der Waals surface area contributed by atoms with Gasteiger partial charge in [-0.05, 0) is 18.6 Å². The van der Waals surface area contributed by atoms with Crippen molar-refractivity contribution in [2.45, 2.75) is 25.6 Å². The number of morpholine rings is 1. The highest BCUT2D eigenvalue weighted by atomic mass is 35.5. The summed E-state index contributed by atoms with van der Waals surface area (Å²) in [4.78, 5) is 14.2. The first kappa shape index (κ1) is 21.0. The van der Waals surface area contributed by atoms with Crippen molar-refractivity contribution in [3.8, 4) is 0 Å². The molecular weight excluding hydrogens is 325 g/mol. The van der Waals surface area contributed by atoms with Crippen LogP contribution in [0.1, 0.15) is 12.5 Å². The quantitative estimate of drug-likeness (QED) is 0.866. The van der Waals surface area contributed by atoms with Crippen molar-refractivity contribution in [2.24, 2.45) is 0 Å². The minimum atomic E-state index is -0.268. The van der Waals surface area contributed by atoms with Gasteiger partial charge in [0.1, 0.15) is 6.04 Å². The molecule has 1 aliphatic rings. The van der Waals surface area contributed by atoms with E-state index in [0.29, 0.717) is 13.2 Å². The Balaban J connectivity index is 0.00000220. The number of hydrogen-bond donors (Lipinski definition) is 2. The average molecular weight is 350 g/mol. The summed E-state index contributed by atoms with van der Waals surface area (Å²) >= 11 is 0. The number of halogens is 2. The number of carbonyl (C=O) groups excluding carboxylic acids is 1. The summed E-state index contributed by atoms with van der Waals surface area (Å²) in [6, 6.07) is 7.80. The zero-order valence-corrected chi connectivity index (χ0v) is 14.8. The first-order valence-electron chi connectivity index (χ1n) is 6.97. The lowest BCUT2D eigenvalue weighted by Gasteiger charge is -2.29. The molecular formula is C15H25Cl2N3O2. The van der Waals surface area contributed by atoms with Crippen LogP contribution in [0.5, 0.6) is 0 Å². The van der Waals surface area contributed by atoms with E-state index in [-0.39, 0.29) is 42.9 Å². The maximum atomic E-state index is 12.2. The molecule has 0 bridgehead atoms. The molecule has 0 unspecified atom stereocenters. The van der Waals surface area contributed by atoms with Crippen LogP contribution >= 0.6 is 24.8 Å². The Labute approximate surface area is 144 Å². The smallest absolute Gasteiger partial charge is 0.240 e. The Kier molecular flexibility index (Phi) is 9.44. The largest absolute Gasteiger partial charge is 0.377 e. The number of para-hydroxylation sites is 1. The van der Waals surface area contributed by atoms with Crippen molar-refractivity contribution < 1.29 is 9.53 Å². The minimum Gasteiger partial charge on any atom is -0.377 e. The Morgan fingerprint density at radius 1 is 1.36 bits per heavy atom. The normalized spacial score (nSPS) is 20.3. The molecule has 0 aliphatic carbocycles. The van der Waals surface area contributed by atoms with E-state index in [0.717, 1.165) is 17.8 Å². The second-order valence-electron chi connectivity index (χ2n) is 5.25. The topological polar surface area (TPSA) is 53.6 Å². The van der Waals surface area contributed by atoms with Crippen molar-refractivity contribution >= 4 is 36.4 Å². The number of carbonyl (C=O) groups is 1. The minimum absolute atomic E-state index is 0. The number of rotatable bonds is 4. The van der Waals surface area contributed by atoms with E-state index < -0.39 is 0 Å². The third kappa shape index (κ3) is 5.32. The van der Waals surface area contributed by atoms with E-state index >= 15 is 0 Å². The molecule has 0 spiro atoms. The lowest BCUT2D eigenvalue weighted by molar-refractivity contribution is -0.129. The standard InChI is InChI=1S/C15H23N3O2.2ClH/c1-11-14(16-8-9-20-11)15(19)17-10-12-6-4-5-7-13(12)18(2)3;;/h4-7,11,14,16H,8-10H2,1-3H3,(H,17,19);2*1H/t11-,14+;;/m1../s1. The third-order valence-corrected chi connectivity index (χ3v) is 3.53. The fourth-order valence-electron chi connectivity index (χ4n) is 2.42. The van der Waals surface area contributed by atoms with Gasteiger partial charge in [-0.2, -0.15) is 0 Å². The number of hydrogen-bond acceptors (Lipinski definition) is 4. The molecule has 1 amide bonds. The highest BCUT2D eigenvalue weighted by molar-refractivity contribution is 5.85. The van der Waals surface area contributed by atoms with Gasteiger partial charge in [-0.3, -0.25) is 4.79 Å². The zero-order valence-electron chi connectivity index (χ0n) is 13.2. The van der Waals surface area contributed by atoms with Crippen molar-refractivity contribution in [1.29, 1.82) is 0 Å². The predicted octanol–water partition coefficient (Wildman–Crippen LogP) is 1.59. The van der Waals surface area contributed by atoms with Gasteiger partial charge in [-0.15, -0.1) is 24.8 Å². The first-order chi connectivity index (χ1) is 9.59. The van der Waals surface area contributed by atoms with Crippen molar-refractivity contribution in [2.75, 3.05) is 32.1 Å². The van der Waals surface area contributed by atoms with Crippen LogP contribution in [0.3, 0.4) is 0 Å².